The number of aromatic nitrogens is 4. The third-order valence-electron chi connectivity index (χ3n) is 6.83. The Morgan fingerprint density at radius 1 is 0.902 bits per heavy atom. The molecular formula is C30H25N5O5S. The molecule has 1 aliphatic rings. The SMILES string of the molecule is O=C(c1ccccc1)N(C(=O)c1ccccc1)c1ncnc2c1ncn2[C@H]1C[C@H](O)[C@](CO)(Sc2ccccc2)O1. The van der Waals surface area contributed by atoms with Gasteiger partial charge in [-0.2, -0.15) is 0 Å². The first-order valence-electron chi connectivity index (χ1n) is 12.9. The van der Waals surface area contributed by atoms with E-state index >= 15 is 0 Å². The highest BCUT2D eigenvalue weighted by molar-refractivity contribution is 8.00. The van der Waals surface area contributed by atoms with E-state index in [0.717, 1.165) is 9.80 Å². The van der Waals surface area contributed by atoms with Gasteiger partial charge >= 0.3 is 0 Å². The van der Waals surface area contributed by atoms with Crippen LogP contribution in [0, 0.1) is 0 Å². The number of imide groups is 1. The average Bonchev–Trinajstić information content (AvgIpc) is 3.60. The Kier molecular flexibility index (Phi) is 7.33. The van der Waals surface area contributed by atoms with Crippen LogP contribution in [-0.4, -0.2) is 59.2 Å². The van der Waals surface area contributed by atoms with Gasteiger partial charge in [0.2, 0.25) is 0 Å². The number of imidazole rings is 1. The molecule has 3 heterocycles. The molecule has 6 rings (SSSR count). The molecule has 2 aromatic heterocycles. The maximum atomic E-state index is 13.7. The molecule has 0 radical (unpaired) electrons. The van der Waals surface area contributed by atoms with Gasteiger partial charge in [0, 0.05) is 22.4 Å². The molecule has 2 N–H and O–H groups in total. The first kappa shape index (κ1) is 26.8. The quantitative estimate of drug-likeness (QED) is 0.279. The topological polar surface area (TPSA) is 131 Å². The summed E-state index contributed by atoms with van der Waals surface area (Å²) in [5.41, 5.74) is 1.11. The number of nitrogens with zero attached hydrogens (tertiary/aromatic N) is 5. The maximum absolute atomic E-state index is 13.7. The van der Waals surface area contributed by atoms with Crippen LogP contribution >= 0.6 is 11.8 Å². The molecule has 0 saturated carbocycles. The third-order valence-corrected chi connectivity index (χ3v) is 8.18. The van der Waals surface area contributed by atoms with Gasteiger partial charge in [-0.3, -0.25) is 14.2 Å². The highest BCUT2D eigenvalue weighted by Crippen LogP contribution is 2.47. The van der Waals surface area contributed by atoms with Gasteiger partial charge in [0.15, 0.2) is 21.9 Å². The van der Waals surface area contributed by atoms with Gasteiger partial charge in [0.1, 0.15) is 12.6 Å². The predicted octanol–water partition coefficient (Wildman–Crippen LogP) is 4.07. The molecule has 1 fully saturated rings. The lowest BCUT2D eigenvalue weighted by Gasteiger charge is -2.29. The number of aliphatic hydroxyl groups excluding tert-OH is 2. The number of ether oxygens (including phenoxy) is 1. The number of carbonyl (C=O) groups excluding carboxylic acids is 2. The molecule has 1 saturated heterocycles. The number of hydrogen-bond donors (Lipinski definition) is 2. The second kappa shape index (κ2) is 11.2. The molecule has 1 aliphatic heterocycles. The summed E-state index contributed by atoms with van der Waals surface area (Å²) in [6.07, 6.45) is 1.14. The first-order chi connectivity index (χ1) is 20.0. The molecule has 5 aromatic rings. The average molecular weight is 568 g/mol. The second-order valence-corrected chi connectivity index (χ2v) is 10.8. The summed E-state index contributed by atoms with van der Waals surface area (Å²) in [6, 6.07) is 26.3. The number of fused-ring (bicyclic) bond motifs is 1. The smallest absolute Gasteiger partial charge is 0.266 e. The fourth-order valence-electron chi connectivity index (χ4n) is 4.77. The van der Waals surface area contributed by atoms with E-state index in [4.69, 9.17) is 4.74 Å². The van der Waals surface area contributed by atoms with Crippen molar-refractivity contribution in [3.05, 3.63) is 115 Å². The standard InChI is InChI=1S/C30H25N5O5S/c36-17-30(41-22-14-8-3-9-15-22)23(37)16-24(40-30)34-19-33-25-26(34)31-18-32-27(25)35(28(38)20-10-4-1-5-11-20)29(39)21-12-6-2-7-13-21/h1-15,18-19,23-24,36-37H,16-17H2/t23-,24+,30-/m0/s1. The van der Waals surface area contributed by atoms with Crippen LogP contribution in [0.4, 0.5) is 5.82 Å². The molecule has 41 heavy (non-hydrogen) atoms. The Balaban J connectivity index is 1.39. The van der Waals surface area contributed by atoms with Crippen LogP contribution < -0.4 is 4.90 Å². The zero-order chi connectivity index (χ0) is 28.4. The number of amides is 2. The molecule has 206 valence electrons. The fourth-order valence-corrected chi connectivity index (χ4v) is 5.92. The number of aliphatic hydroxyl groups is 2. The Morgan fingerprint density at radius 2 is 1.49 bits per heavy atom. The van der Waals surface area contributed by atoms with Crippen molar-refractivity contribution in [1.82, 2.24) is 19.5 Å². The van der Waals surface area contributed by atoms with E-state index in [2.05, 4.69) is 15.0 Å². The molecule has 0 aliphatic carbocycles. The summed E-state index contributed by atoms with van der Waals surface area (Å²) in [5, 5.41) is 21.3. The van der Waals surface area contributed by atoms with E-state index in [1.807, 2.05) is 30.3 Å². The van der Waals surface area contributed by atoms with Gasteiger partial charge in [0.05, 0.1) is 19.0 Å². The molecule has 11 heteroatoms. The van der Waals surface area contributed by atoms with Crippen molar-refractivity contribution in [2.45, 2.75) is 28.6 Å². The number of thioether (sulfide) groups is 1. The monoisotopic (exact) mass is 567 g/mol. The van der Waals surface area contributed by atoms with Crippen LogP contribution in [0.15, 0.2) is 109 Å². The Bertz CT molecular complexity index is 1630. The third kappa shape index (κ3) is 5.00. The van der Waals surface area contributed by atoms with Gasteiger partial charge in [-0.05, 0) is 36.4 Å². The van der Waals surface area contributed by atoms with Crippen LogP contribution in [0.5, 0.6) is 0 Å². The molecule has 0 bridgehead atoms. The molecule has 10 nitrogen and oxygen atoms in total. The number of anilines is 1. The van der Waals surface area contributed by atoms with Crippen molar-refractivity contribution >= 4 is 40.6 Å². The normalized spacial score (nSPS) is 20.2. The van der Waals surface area contributed by atoms with Crippen LogP contribution in [-0.2, 0) is 4.74 Å². The van der Waals surface area contributed by atoms with Crippen molar-refractivity contribution < 1.29 is 24.5 Å². The van der Waals surface area contributed by atoms with Crippen molar-refractivity contribution in [2.75, 3.05) is 11.5 Å². The summed E-state index contributed by atoms with van der Waals surface area (Å²) in [5.74, 6) is -1.12. The lowest BCUT2D eigenvalue weighted by Crippen LogP contribution is -2.39. The number of rotatable bonds is 7. The van der Waals surface area contributed by atoms with E-state index < -0.39 is 35.7 Å². The number of hydrogen-bond acceptors (Lipinski definition) is 9. The van der Waals surface area contributed by atoms with E-state index in [0.29, 0.717) is 16.8 Å². The van der Waals surface area contributed by atoms with Gasteiger partial charge in [0.25, 0.3) is 11.8 Å². The molecule has 3 aromatic carbocycles. The lowest BCUT2D eigenvalue weighted by molar-refractivity contribution is -0.0669. The summed E-state index contributed by atoms with van der Waals surface area (Å²) >= 11 is 1.24. The largest absolute Gasteiger partial charge is 0.392 e. The summed E-state index contributed by atoms with van der Waals surface area (Å²) in [7, 11) is 0. The molecular weight excluding hydrogens is 542 g/mol. The number of carbonyl (C=O) groups is 2. The molecule has 0 unspecified atom stereocenters. The fraction of sp³-hybridized carbons (Fsp3) is 0.167. The van der Waals surface area contributed by atoms with E-state index in [9.17, 15) is 19.8 Å². The van der Waals surface area contributed by atoms with Gasteiger partial charge in [-0.25, -0.2) is 19.9 Å². The van der Waals surface area contributed by atoms with Crippen molar-refractivity contribution in [3.63, 3.8) is 0 Å². The highest BCUT2D eigenvalue weighted by atomic mass is 32.2. The predicted molar refractivity (Wildman–Crippen MR) is 152 cm³/mol. The van der Waals surface area contributed by atoms with E-state index in [1.165, 1.54) is 24.4 Å². The summed E-state index contributed by atoms with van der Waals surface area (Å²) in [6.45, 7) is -0.429. The molecule has 2 amide bonds. The minimum absolute atomic E-state index is 0.0158. The Labute approximate surface area is 239 Å². The zero-order valence-corrected chi connectivity index (χ0v) is 22.5. The second-order valence-electron chi connectivity index (χ2n) is 9.41. The van der Waals surface area contributed by atoms with Crippen molar-refractivity contribution in [2.24, 2.45) is 0 Å². The van der Waals surface area contributed by atoms with Gasteiger partial charge in [-0.15, -0.1) is 0 Å². The van der Waals surface area contributed by atoms with Crippen LogP contribution in [0.1, 0.15) is 33.4 Å². The molecule has 0 spiro atoms. The van der Waals surface area contributed by atoms with Crippen LogP contribution in [0.3, 0.4) is 0 Å². The van der Waals surface area contributed by atoms with Crippen LogP contribution in [0.2, 0.25) is 0 Å². The zero-order valence-electron chi connectivity index (χ0n) is 21.6. The van der Waals surface area contributed by atoms with Crippen LogP contribution in [0.25, 0.3) is 11.2 Å². The Hall–Kier alpha value is -4.42. The van der Waals surface area contributed by atoms with E-state index in [-0.39, 0.29) is 17.8 Å². The van der Waals surface area contributed by atoms with Gasteiger partial charge < -0.3 is 14.9 Å². The minimum Gasteiger partial charge on any atom is -0.392 e. The minimum atomic E-state index is -1.31. The number of benzene rings is 3. The van der Waals surface area contributed by atoms with Gasteiger partial charge in [-0.1, -0.05) is 66.4 Å². The summed E-state index contributed by atoms with van der Waals surface area (Å²) in [4.78, 5) is 41.2. The highest BCUT2D eigenvalue weighted by Gasteiger charge is 2.50. The summed E-state index contributed by atoms with van der Waals surface area (Å²) < 4.78 is 7.89. The van der Waals surface area contributed by atoms with Crippen molar-refractivity contribution in [3.8, 4) is 0 Å². The maximum Gasteiger partial charge on any atom is 0.266 e. The van der Waals surface area contributed by atoms with Crippen molar-refractivity contribution in [1.29, 1.82) is 0 Å². The molecule has 3 atom stereocenters. The first-order valence-corrected chi connectivity index (χ1v) is 13.7. The van der Waals surface area contributed by atoms with E-state index in [1.54, 1.807) is 65.2 Å². The Morgan fingerprint density at radius 3 is 2.07 bits per heavy atom. The lowest BCUT2D eigenvalue weighted by atomic mass is 10.1.